The van der Waals surface area contributed by atoms with Crippen molar-refractivity contribution in [3.05, 3.63) is 108 Å². The highest BCUT2D eigenvalue weighted by atomic mass is 16.7. The molecule has 164 valence electrons. The summed E-state index contributed by atoms with van der Waals surface area (Å²) >= 11 is 0. The molecule has 2 aromatic heterocycles. The smallest absolute Gasteiger partial charge is 0.449 e. The average molecular weight is 437 g/mol. The zero-order chi connectivity index (χ0) is 22.9. The third-order valence-electron chi connectivity index (χ3n) is 5.96. The number of benzene rings is 3. The van der Waals surface area contributed by atoms with E-state index in [0.29, 0.717) is 12.4 Å². The van der Waals surface area contributed by atoms with Gasteiger partial charge < -0.3 is 19.0 Å². The lowest BCUT2D eigenvalue weighted by molar-refractivity contribution is 0.141. The summed E-state index contributed by atoms with van der Waals surface area (Å²) < 4.78 is 9.58. The molecule has 0 saturated carbocycles. The summed E-state index contributed by atoms with van der Waals surface area (Å²) in [5.74, 6) is 0.325. The molecule has 3 aromatic carbocycles. The van der Waals surface area contributed by atoms with Gasteiger partial charge in [0, 0.05) is 22.5 Å². The summed E-state index contributed by atoms with van der Waals surface area (Å²) in [6.45, 7) is 4.65. The summed E-state index contributed by atoms with van der Waals surface area (Å²) in [6.07, 6.45) is -1.33. The molecule has 5 nitrogen and oxygen atoms in total. The molecule has 5 heteroatoms. The number of ether oxygens (including phenoxy) is 1. The van der Waals surface area contributed by atoms with Gasteiger partial charge in [0.15, 0.2) is 0 Å². The maximum atomic E-state index is 11.7. The molecule has 0 aliphatic heterocycles. The molecule has 0 amide bonds. The Hall–Kier alpha value is -4.25. The van der Waals surface area contributed by atoms with E-state index < -0.39 is 6.16 Å². The van der Waals surface area contributed by atoms with Gasteiger partial charge >= 0.3 is 6.16 Å². The van der Waals surface area contributed by atoms with Crippen LogP contribution in [0.5, 0.6) is 5.88 Å². The Morgan fingerprint density at radius 3 is 2.12 bits per heavy atom. The van der Waals surface area contributed by atoms with E-state index in [9.17, 15) is 9.90 Å². The van der Waals surface area contributed by atoms with Gasteiger partial charge in [-0.3, -0.25) is 0 Å². The molecule has 0 unspecified atom stereocenters. The highest BCUT2D eigenvalue weighted by molar-refractivity contribution is 6.01. The lowest BCUT2D eigenvalue weighted by Crippen LogP contribution is -2.10. The van der Waals surface area contributed by atoms with E-state index >= 15 is 0 Å². The number of nitrogens with zero attached hydrogens (tertiary/aromatic N) is 2. The first-order valence-corrected chi connectivity index (χ1v) is 10.8. The lowest BCUT2D eigenvalue weighted by atomic mass is 10.0. The zero-order valence-corrected chi connectivity index (χ0v) is 18.5. The highest BCUT2D eigenvalue weighted by Gasteiger charge is 2.23. The Kier molecular flexibility index (Phi) is 5.23. The molecule has 0 atom stereocenters. The Morgan fingerprint density at radius 1 is 0.848 bits per heavy atom. The minimum atomic E-state index is -1.33. The molecule has 0 bridgehead atoms. The molecule has 2 heterocycles. The summed E-state index contributed by atoms with van der Waals surface area (Å²) in [5, 5.41) is 10.5. The number of aryl methyl sites for hydroxylation is 2. The number of carboxylic acid groups (broad SMARTS) is 1. The number of fused-ring (bicyclic) bond motifs is 1. The van der Waals surface area contributed by atoms with E-state index in [1.165, 1.54) is 0 Å². The van der Waals surface area contributed by atoms with E-state index in [4.69, 9.17) is 4.74 Å². The maximum Gasteiger partial charge on any atom is 0.512 e. The normalized spacial score (nSPS) is 11.1. The molecular weight excluding hydrogens is 412 g/mol. The van der Waals surface area contributed by atoms with Crippen LogP contribution >= 0.6 is 0 Å². The molecule has 5 aromatic rings. The van der Waals surface area contributed by atoms with E-state index in [1.54, 1.807) is 0 Å². The Bertz CT molecular complexity index is 1430. The van der Waals surface area contributed by atoms with Gasteiger partial charge in [-0.15, -0.1) is 0 Å². The maximum absolute atomic E-state index is 11.7. The van der Waals surface area contributed by atoms with Gasteiger partial charge in [-0.2, -0.15) is 0 Å². The first kappa shape index (κ1) is 20.6. The average Bonchev–Trinajstić information content (AvgIpc) is 3.30. The predicted molar refractivity (Wildman–Crippen MR) is 130 cm³/mol. The molecule has 1 N–H and O–H groups in total. The van der Waals surface area contributed by atoms with Crippen LogP contribution in [0.15, 0.2) is 91.0 Å². The Labute approximate surface area is 192 Å². The van der Waals surface area contributed by atoms with Gasteiger partial charge in [0.25, 0.3) is 0 Å². The van der Waals surface area contributed by atoms with Crippen LogP contribution in [0, 0.1) is 13.8 Å². The first-order chi connectivity index (χ1) is 16.0. The van der Waals surface area contributed by atoms with Gasteiger partial charge in [0.2, 0.25) is 5.88 Å². The summed E-state index contributed by atoms with van der Waals surface area (Å²) in [5.41, 5.74) is 6.96. The molecule has 33 heavy (non-hydrogen) atoms. The van der Waals surface area contributed by atoms with Crippen LogP contribution in [0.25, 0.3) is 27.7 Å². The number of rotatable bonds is 5. The van der Waals surface area contributed by atoms with Crippen LogP contribution in [0.3, 0.4) is 0 Å². The van der Waals surface area contributed by atoms with Gasteiger partial charge in [-0.05, 0) is 55.3 Å². The predicted octanol–water partition coefficient (Wildman–Crippen LogP) is 6.82. The fourth-order valence-electron chi connectivity index (χ4n) is 4.53. The van der Waals surface area contributed by atoms with Crippen LogP contribution in [-0.4, -0.2) is 20.4 Å². The highest BCUT2D eigenvalue weighted by Crippen LogP contribution is 2.42. The number of hydrogen-bond acceptors (Lipinski definition) is 2. The van der Waals surface area contributed by atoms with Crippen LogP contribution in [-0.2, 0) is 6.54 Å². The fraction of sp³-hybridized carbons (Fsp3) is 0.107. The van der Waals surface area contributed by atoms with E-state index in [0.717, 1.165) is 44.7 Å². The van der Waals surface area contributed by atoms with Crippen molar-refractivity contribution in [1.82, 2.24) is 9.13 Å². The largest absolute Gasteiger partial charge is 0.512 e. The van der Waals surface area contributed by atoms with Crippen molar-refractivity contribution in [3.8, 4) is 22.7 Å². The Balaban J connectivity index is 1.82. The third-order valence-corrected chi connectivity index (χ3v) is 5.96. The van der Waals surface area contributed by atoms with Gasteiger partial charge in [-0.25, -0.2) is 4.79 Å². The number of hydrogen-bond donors (Lipinski definition) is 1. The van der Waals surface area contributed by atoms with Gasteiger partial charge in [0.1, 0.15) is 0 Å². The quantitative estimate of drug-likeness (QED) is 0.308. The second-order valence-electron chi connectivity index (χ2n) is 8.14. The minimum Gasteiger partial charge on any atom is -0.449 e. The lowest BCUT2D eigenvalue weighted by Gasteiger charge is -2.12. The third kappa shape index (κ3) is 3.78. The molecule has 0 aliphatic rings. The van der Waals surface area contributed by atoms with Crippen molar-refractivity contribution in [2.75, 3.05) is 0 Å². The van der Waals surface area contributed by atoms with E-state index in [1.807, 2.05) is 71.3 Å². The zero-order valence-electron chi connectivity index (χ0n) is 18.5. The fourth-order valence-corrected chi connectivity index (χ4v) is 4.53. The molecule has 5 rings (SSSR count). The van der Waals surface area contributed by atoms with E-state index in [-0.39, 0.29) is 0 Å². The second kappa shape index (κ2) is 8.36. The summed E-state index contributed by atoms with van der Waals surface area (Å²) in [7, 11) is 0. The van der Waals surface area contributed by atoms with Crippen molar-refractivity contribution in [1.29, 1.82) is 0 Å². The SMILES string of the molecule is Cc1ccc(C)n1-c1ccc2c(c1)c(-c1ccccc1)c(OC(=O)O)n2Cc1ccccc1. The molecular formula is C28H24N2O3. The molecule has 0 saturated heterocycles. The van der Waals surface area contributed by atoms with Crippen molar-refractivity contribution >= 4 is 17.1 Å². The monoisotopic (exact) mass is 436 g/mol. The van der Waals surface area contributed by atoms with Crippen molar-refractivity contribution in [3.63, 3.8) is 0 Å². The van der Waals surface area contributed by atoms with Crippen molar-refractivity contribution in [2.45, 2.75) is 20.4 Å². The molecule has 0 radical (unpaired) electrons. The molecule has 0 fully saturated rings. The second-order valence-corrected chi connectivity index (χ2v) is 8.14. The Morgan fingerprint density at radius 2 is 1.48 bits per heavy atom. The van der Waals surface area contributed by atoms with Crippen LogP contribution in [0.4, 0.5) is 4.79 Å². The minimum absolute atomic E-state index is 0.325. The standard InChI is InChI=1S/C28H24N2O3/c1-19-13-14-20(2)30(19)23-15-16-25-24(17-23)26(22-11-7-4-8-12-22)27(33-28(31)32)29(25)18-21-9-5-3-6-10-21/h3-17H,18H2,1-2H3,(H,31,32). The number of carbonyl (C=O) groups is 1. The van der Waals surface area contributed by atoms with Crippen molar-refractivity contribution < 1.29 is 14.6 Å². The summed E-state index contributed by atoms with van der Waals surface area (Å²) in [4.78, 5) is 11.7. The van der Waals surface area contributed by atoms with Gasteiger partial charge in [-0.1, -0.05) is 60.7 Å². The molecule has 0 aliphatic carbocycles. The van der Waals surface area contributed by atoms with Crippen LogP contribution < -0.4 is 4.74 Å². The number of aromatic nitrogens is 2. The van der Waals surface area contributed by atoms with E-state index in [2.05, 4.69) is 42.7 Å². The van der Waals surface area contributed by atoms with Crippen LogP contribution in [0.1, 0.15) is 17.0 Å². The summed E-state index contributed by atoms with van der Waals surface area (Å²) in [6, 6.07) is 30.2. The van der Waals surface area contributed by atoms with Crippen LogP contribution in [0.2, 0.25) is 0 Å². The first-order valence-electron chi connectivity index (χ1n) is 10.8. The topological polar surface area (TPSA) is 56.4 Å². The van der Waals surface area contributed by atoms with Crippen molar-refractivity contribution in [2.24, 2.45) is 0 Å². The van der Waals surface area contributed by atoms with Gasteiger partial charge in [0.05, 0.1) is 17.6 Å². The molecule has 0 spiro atoms.